The van der Waals surface area contributed by atoms with Crippen molar-refractivity contribution in [1.29, 1.82) is 0 Å². The van der Waals surface area contributed by atoms with Crippen LogP contribution in [0, 0.1) is 13.8 Å². The van der Waals surface area contributed by atoms with Crippen LogP contribution in [-0.2, 0) is 5.41 Å². The Morgan fingerprint density at radius 3 is 1.37 bits per heavy atom. The van der Waals surface area contributed by atoms with Crippen LogP contribution in [0.1, 0.15) is 57.9 Å². The highest BCUT2D eigenvalue weighted by molar-refractivity contribution is 5.99. The van der Waals surface area contributed by atoms with E-state index in [-0.39, 0.29) is 0 Å². The Bertz CT molecular complexity index is 3870. The number of rotatable bonds is 10. The van der Waals surface area contributed by atoms with Gasteiger partial charge in [-0.05, 0) is 128 Å². The number of aromatic nitrogens is 4. The molecule has 2 heterocycles. The van der Waals surface area contributed by atoms with Crippen LogP contribution in [0.2, 0.25) is 0 Å². The van der Waals surface area contributed by atoms with E-state index in [1.54, 1.807) is 0 Å². The van der Waals surface area contributed by atoms with Crippen LogP contribution in [0.3, 0.4) is 0 Å². The van der Waals surface area contributed by atoms with E-state index in [1.165, 1.54) is 61.2 Å². The fourth-order valence-corrected chi connectivity index (χ4v) is 11.7. The topological polar surface area (TPSA) is 51.6 Å². The van der Waals surface area contributed by atoms with Crippen molar-refractivity contribution in [3.05, 3.63) is 300 Å². The van der Waals surface area contributed by atoms with Gasteiger partial charge in [-0.1, -0.05) is 237 Å². The molecular formula is C71H52N4. The lowest BCUT2D eigenvalue weighted by Gasteiger charge is -2.34. The maximum Gasteiger partial charge on any atom is 0.164 e. The zero-order valence-electron chi connectivity index (χ0n) is 42.0. The molecule has 0 fully saturated rings. The maximum atomic E-state index is 5.40. The molecule has 0 N–H and O–H groups in total. The third-order valence-electron chi connectivity index (χ3n) is 15.2. The van der Waals surface area contributed by atoms with Crippen molar-refractivity contribution in [2.75, 3.05) is 0 Å². The smallest absolute Gasteiger partial charge is 0.164 e. The summed E-state index contributed by atoms with van der Waals surface area (Å²) in [5.41, 5.74) is 23.3. The molecule has 75 heavy (non-hydrogen) atoms. The van der Waals surface area contributed by atoms with Gasteiger partial charge in [0, 0.05) is 33.7 Å². The Kier molecular flexibility index (Phi) is 11.7. The third-order valence-corrected chi connectivity index (χ3v) is 15.2. The van der Waals surface area contributed by atoms with Gasteiger partial charge in [0.25, 0.3) is 0 Å². The molecule has 9 aromatic carbocycles. The lowest BCUT2D eigenvalue weighted by atomic mass is 9.67. The SMILES string of the molecule is Cc1ccc(C2=C(c3nc(-c4ccc(-c5c(-c6ccccc6)cc(-c6ccccc6)cc5-c5ccccc5)cc4)nc(-c4ccc(C5(c6ccccc6)c6ccccc6-c6ccccc65)cc4)n3)CCC=C2)c(C)n1. The van der Waals surface area contributed by atoms with Gasteiger partial charge in [0.1, 0.15) is 0 Å². The van der Waals surface area contributed by atoms with Crippen molar-refractivity contribution in [3.8, 4) is 78.4 Å². The Balaban J connectivity index is 0.978. The molecule has 4 heteroatoms. The molecular weight excluding hydrogens is 909 g/mol. The summed E-state index contributed by atoms with van der Waals surface area (Å²) in [7, 11) is 0. The van der Waals surface area contributed by atoms with E-state index in [2.05, 4.69) is 262 Å². The van der Waals surface area contributed by atoms with Gasteiger partial charge in [0.2, 0.25) is 0 Å². The first-order chi connectivity index (χ1) is 37.0. The monoisotopic (exact) mass is 960 g/mol. The minimum absolute atomic E-state index is 0.513. The second-order valence-electron chi connectivity index (χ2n) is 19.6. The van der Waals surface area contributed by atoms with Crippen molar-refractivity contribution in [2.45, 2.75) is 32.1 Å². The van der Waals surface area contributed by atoms with Gasteiger partial charge in [0.05, 0.1) is 5.41 Å². The summed E-state index contributed by atoms with van der Waals surface area (Å²) in [6.07, 6.45) is 6.16. The number of hydrogen-bond acceptors (Lipinski definition) is 4. The van der Waals surface area contributed by atoms with E-state index in [0.29, 0.717) is 17.5 Å². The quantitative estimate of drug-likeness (QED) is 0.137. The summed E-state index contributed by atoms with van der Waals surface area (Å²) < 4.78 is 0. The Morgan fingerprint density at radius 1 is 0.347 bits per heavy atom. The molecule has 0 spiro atoms. The van der Waals surface area contributed by atoms with Crippen molar-refractivity contribution < 1.29 is 0 Å². The van der Waals surface area contributed by atoms with E-state index in [1.807, 2.05) is 6.92 Å². The van der Waals surface area contributed by atoms with Gasteiger partial charge in [-0.3, -0.25) is 4.98 Å². The average Bonchev–Trinajstić information content (AvgIpc) is 3.79. The van der Waals surface area contributed by atoms with Crippen LogP contribution in [0.5, 0.6) is 0 Å². The zero-order valence-corrected chi connectivity index (χ0v) is 42.0. The first-order valence-corrected chi connectivity index (χ1v) is 25.9. The molecule has 0 saturated carbocycles. The van der Waals surface area contributed by atoms with Gasteiger partial charge in [0.15, 0.2) is 17.5 Å². The highest BCUT2D eigenvalue weighted by atomic mass is 15.0. The molecule has 0 aliphatic heterocycles. The standard InChI is InChI=1S/C71H52N4/c1-47-35-44-58(48(2)72-47)59-29-15-16-32-62(59)70-74-68(73-69(75-70)54-40-42-57(43-41-54)71(56-27-13-6-14-28-56)65-33-19-17-30-60(65)61-31-18-20-34-66(61)71)53-38-36-52(37-39-53)67-63(50-23-9-4-10-24-50)45-55(49-21-7-3-8-22-49)46-64(67)51-25-11-5-12-26-51/h3-15,17-31,33-46H,16,32H2,1-2H3. The van der Waals surface area contributed by atoms with Crippen molar-refractivity contribution >= 4 is 11.1 Å². The predicted octanol–water partition coefficient (Wildman–Crippen LogP) is 17.5. The van der Waals surface area contributed by atoms with E-state index in [0.717, 1.165) is 68.8 Å². The lowest BCUT2D eigenvalue weighted by Crippen LogP contribution is -2.28. The van der Waals surface area contributed by atoms with Gasteiger partial charge >= 0.3 is 0 Å². The summed E-state index contributed by atoms with van der Waals surface area (Å²) in [5.74, 6) is 1.92. The van der Waals surface area contributed by atoms with Crippen molar-refractivity contribution in [2.24, 2.45) is 0 Å². The van der Waals surface area contributed by atoms with Crippen LogP contribution in [0.4, 0.5) is 0 Å². The molecule has 0 bridgehead atoms. The minimum Gasteiger partial charge on any atom is -0.258 e. The molecule has 2 aliphatic rings. The van der Waals surface area contributed by atoms with E-state index < -0.39 is 5.41 Å². The highest BCUT2D eigenvalue weighted by Gasteiger charge is 2.45. The Morgan fingerprint density at radius 2 is 0.813 bits per heavy atom. The molecule has 0 unspecified atom stereocenters. The van der Waals surface area contributed by atoms with Gasteiger partial charge in [-0.15, -0.1) is 0 Å². The van der Waals surface area contributed by atoms with Crippen LogP contribution >= 0.6 is 0 Å². The summed E-state index contributed by atoms with van der Waals surface area (Å²) in [4.78, 5) is 21.1. The Labute approximate surface area is 439 Å². The summed E-state index contributed by atoms with van der Waals surface area (Å²) >= 11 is 0. The van der Waals surface area contributed by atoms with Crippen LogP contribution < -0.4 is 0 Å². The molecule has 13 rings (SSSR count). The number of allylic oxidation sites excluding steroid dienone is 4. The molecule has 0 radical (unpaired) electrons. The van der Waals surface area contributed by atoms with Crippen molar-refractivity contribution in [3.63, 3.8) is 0 Å². The van der Waals surface area contributed by atoms with E-state index in [4.69, 9.17) is 19.9 Å². The lowest BCUT2D eigenvalue weighted by molar-refractivity contribution is 0.768. The fourth-order valence-electron chi connectivity index (χ4n) is 11.7. The van der Waals surface area contributed by atoms with Crippen LogP contribution in [0.15, 0.2) is 255 Å². The number of hydrogen-bond donors (Lipinski definition) is 0. The molecule has 4 nitrogen and oxygen atoms in total. The summed E-state index contributed by atoms with van der Waals surface area (Å²) in [6, 6.07) is 87.6. The summed E-state index contributed by atoms with van der Waals surface area (Å²) in [5, 5.41) is 0. The van der Waals surface area contributed by atoms with Gasteiger partial charge < -0.3 is 0 Å². The number of benzene rings is 9. The van der Waals surface area contributed by atoms with Gasteiger partial charge in [-0.2, -0.15) is 0 Å². The minimum atomic E-state index is -0.513. The van der Waals surface area contributed by atoms with Crippen LogP contribution in [-0.4, -0.2) is 19.9 Å². The molecule has 0 atom stereocenters. The molecule has 0 amide bonds. The van der Waals surface area contributed by atoms with Crippen molar-refractivity contribution in [1.82, 2.24) is 19.9 Å². The molecule has 2 aliphatic carbocycles. The Hall–Kier alpha value is -9.38. The first kappa shape index (κ1) is 45.5. The fraction of sp³-hybridized carbons (Fsp3) is 0.0704. The maximum absolute atomic E-state index is 5.40. The largest absolute Gasteiger partial charge is 0.258 e. The summed E-state index contributed by atoms with van der Waals surface area (Å²) in [6.45, 7) is 4.13. The number of nitrogens with zero attached hydrogens (tertiary/aromatic N) is 4. The molecule has 0 saturated heterocycles. The number of pyridine rings is 1. The normalized spacial score (nSPS) is 13.4. The molecule has 11 aromatic rings. The average molecular weight is 961 g/mol. The highest BCUT2D eigenvalue weighted by Crippen LogP contribution is 2.56. The second kappa shape index (κ2) is 19.2. The second-order valence-corrected chi connectivity index (χ2v) is 19.6. The number of aryl methyl sites for hydroxylation is 2. The third kappa shape index (κ3) is 8.12. The molecule has 356 valence electrons. The number of fused-ring (bicyclic) bond motifs is 3. The molecule has 2 aromatic heterocycles. The van der Waals surface area contributed by atoms with E-state index in [9.17, 15) is 0 Å². The zero-order chi connectivity index (χ0) is 50.3. The van der Waals surface area contributed by atoms with Gasteiger partial charge in [-0.25, -0.2) is 15.0 Å². The van der Waals surface area contributed by atoms with E-state index >= 15 is 0 Å². The van der Waals surface area contributed by atoms with Crippen LogP contribution in [0.25, 0.3) is 89.6 Å². The first-order valence-electron chi connectivity index (χ1n) is 25.9. The predicted molar refractivity (Wildman–Crippen MR) is 309 cm³/mol.